The zero-order valence-corrected chi connectivity index (χ0v) is 13.2. The summed E-state index contributed by atoms with van der Waals surface area (Å²) in [6.45, 7) is 3.79. The van der Waals surface area contributed by atoms with E-state index in [9.17, 15) is 13.2 Å². The first kappa shape index (κ1) is 16.0. The molecule has 2 atom stereocenters. The Morgan fingerprint density at radius 2 is 1.95 bits per heavy atom. The molecule has 6 heteroatoms. The van der Waals surface area contributed by atoms with Crippen molar-refractivity contribution in [1.82, 2.24) is 5.32 Å². The van der Waals surface area contributed by atoms with Crippen LogP contribution in [0.5, 0.6) is 0 Å². The Morgan fingerprint density at radius 3 is 2.57 bits per heavy atom. The van der Waals surface area contributed by atoms with E-state index < -0.39 is 10.0 Å². The monoisotopic (exact) mass is 310 g/mol. The third-order valence-corrected chi connectivity index (χ3v) is 5.24. The molecular weight excluding hydrogens is 288 g/mol. The van der Waals surface area contributed by atoms with E-state index in [-0.39, 0.29) is 16.8 Å². The molecule has 0 heterocycles. The third-order valence-electron chi connectivity index (χ3n) is 4.18. The molecule has 1 fully saturated rings. The van der Waals surface area contributed by atoms with Crippen LogP contribution in [-0.4, -0.2) is 20.4 Å². The van der Waals surface area contributed by atoms with Gasteiger partial charge in [-0.2, -0.15) is 0 Å². The van der Waals surface area contributed by atoms with E-state index in [1.807, 2.05) is 0 Å². The van der Waals surface area contributed by atoms with Crippen molar-refractivity contribution in [2.75, 3.05) is 0 Å². The Morgan fingerprint density at radius 1 is 1.29 bits per heavy atom. The standard InChI is InChI=1S/C15H22N2O3S/c1-10-5-3-4-6-13(10)17-15(18)12-8-7-11(2)14(9-12)21(16,19)20/h7-10,13H,3-6H2,1-2H3,(H,17,18)(H2,16,19,20)/t10-,13+/m0/s1. The molecule has 1 aromatic rings. The normalized spacial score (nSPS) is 22.8. The first-order chi connectivity index (χ1) is 9.79. The lowest BCUT2D eigenvalue weighted by Crippen LogP contribution is -2.41. The molecule has 2 rings (SSSR count). The molecule has 0 radical (unpaired) electrons. The highest BCUT2D eigenvalue weighted by molar-refractivity contribution is 7.89. The van der Waals surface area contributed by atoms with E-state index in [4.69, 9.17) is 5.14 Å². The van der Waals surface area contributed by atoms with Crippen molar-refractivity contribution in [2.24, 2.45) is 11.1 Å². The molecular formula is C15H22N2O3S. The number of aryl methyl sites for hydroxylation is 1. The van der Waals surface area contributed by atoms with Gasteiger partial charge in [-0.15, -0.1) is 0 Å². The van der Waals surface area contributed by atoms with Gasteiger partial charge < -0.3 is 5.32 Å². The van der Waals surface area contributed by atoms with Crippen LogP contribution in [0.25, 0.3) is 0 Å². The largest absolute Gasteiger partial charge is 0.349 e. The van der Waals surface area contributed by atoms with E-state index >= 15 is 0 Å². The van der Waals surface area contributed by atoms with E-state index in [0.717, 1.165) is 19.3 Å². The number of primary sulfonamides is 1. The summed E-state index contributed by atoms with van der Waals surface area (Å²) in [6, 6.07) is 4.75. The molecule has 1 saturated carbocycles. The highest BCUT2D eigenvalue weighted by Crippen LogP contribution is 2.24. The lowest BCUT2D eigenvalue weighted by atomic mass is 9.86. The van der Waals surface area contributed by atoms with Crippen LogP contribution in [0.4, 0.5) is 0 Å². The van der Waals surface area contributed by atoms with Gasteiger partial charge in [0.2, 0.25) is 10.0 Å². The molecule has 21 heavy (non-hydrogen) atoms. The topological polar surface area (TPSA) is 89.3 Å². The molecule has 1 aliphatic rings. The summed E-state index contributed by atoms with van der Waals surface area (Å²) < 4.78 is 23.0. The van der Waals surface area contributed by atoms with Crippen LogP contribution in [0.3, 0.4) is 0 Å². The summed E-state index contributed by atoms with van der Waals surface area (Å²) in [4.78, 5) is 12.3. The maximum Gasteiger partial charge on any atom is 0.251 e. The minimum Gasteiger partial charge on any atom is -0.349 e. The van der Waals surface area contributed by atoms with Crippen molar-refractivity contribution in [3.05, 3.63) is 29.3 Å². The number of hydrogen-bond donors (Lipinski definition) is 2. The molecule has 116 valence electrons. The van der Waals surface area contributed by atoms with Crippen LogP contribution in [0.2, 0.25) is 0 Å². The van der Waals surface area contributed by atoms with Crippen molar-refractivity contribution >= 4 is 15.9 Å². The van der Waals surface area contributed by atoms with Gasteiger partial charge in [0.05, 0.1) is 4.90 Å². The van der Waals surface area contributed by atoms with Gasteiger partial charge in [0.25, 0.3) is 5.91 Å². The number of carbonyl (C=O) groups is 1. The Balaban J connectivity index is 2.20. The van der Waals surface area contributed by atoms with Crippen LogP contribution in [0.1, 0.15) is 48.5 Å². The van der Waals surface area contributed by atoms with E-state index in [1.54, 1.807) is 19.1 Å². The first-order valence-electron chi connectivity index (χ1n) is 7.23. The predicted molar refractivity (Wildman–Crippen MR) is 81.4 cm³/mol. The Bertz CT molecular complexity index is 640. The number of amides is 1. The SMILES string of the molecule is Cc1ccc(C(=O)N[C@@H]2CCCC[C@@H]2C)cc1S(N)(=O)=O. The number of sulfonamides is 1. The molecule has 5 nitrogen and oxygen atoms in total. The van der Waals surface area contributed by atoms with Gasteiger partial charge >= 0.3 is 0 Å². The number of benzene rings is 1. The first-order valence-corrected chi connectivity index (χ1v) is 8.78. The molecule has 1 aromatic carbocycles. The average Bonchev–Trinajstić information content (AvgIpc) is 2.40. The fourth-order valence-electron chi connectivity index (χ4n) is 2.83. The van der Waals surface area contributed by atoms with Gasteiger partial charge in [-0.05, 0) is 43.4 Å². The summed E-state index contributed by atoms with van der Waals surface area (Å²) in [7, 11) is -3.81. The maximum atomic E-state index is 12.3. The van der Waals surface area contributed by atoms with Crippen LogP contribution in [0.15, 0.2) is 23.1 Å². The van der Waals surface area contributed by atoms with E-state index in [2.05, 4.69) is 12.2 Å². The molecule has 0 spiro atoms. The van der Waals surface area contributed by atoms with Crippen LogP contribution in [0, 0.1) is 12.8 Å². The zero-order chi connectivity index (χ0) is 15.6. The van der Waals surface area contributed by atoms with Crippen molar-refractivity contribution in [1.29, 1.82) is 0 Å². The summed E-state index contributed by atoms with van der Waals surface area (Å²) in [5, 5.41) is 8.18. The molecule has 0 saturated heterocycles. The second-order valence-corrected chi connectivity index (χ2v) is 7.40. The quantitative estimate of drug-likeness (QED) is 0.894. The number of nitrogens with two attached hydrogens (primary N) is 1. The Labute approximate surface area is 126 Å². The highest BCUT2D eigenvalue weighted by Gasteiger charge is 2.24. The second-order valence-electron chi connectivity index (χ2n) is 5.87. The lowest BCUT2D eigenvalue weighted by Gasteiger charge is -2.29. The fourth-order valence-corrected chi connectivity index (χ4v) is 3.64. The predicted octanol–water partition coefficient (Wildman–Crippen LogP) is 1.95. The molecule has 0 bridgehead atoms. The summed E-state index contributed by atoms with van der Waals surface area (Å²) in [5.74, 6) is 0.213. The summed E-state index contributed by atoms with van der Waals surface area (Å²) in [6.07, 6.45) is 4.40. The van der Waals surface area contributed by atoms with Crippen LogP contribution < -0.4 is 10.5 Å². The van der Waals surface area contributed by atoms with Crippen LogP contribution >= 0.6 is 0 Å². The number of nitrogens with one attached hydrogen (secondary N) is 1. The maximum absolute atomic E-state index is 12.3. The number of hydrogen-bond acceptors (Lipinski definition) is 3. The smallest absolute Gasteiger partial charge is 0.251 e. The number of rotatable bonds is 3. The average molecular weight is 310 g/mol. The van der Waals surface area contributed by atoms with Gasteiger partial charge in [0, 0.05) is 11.6 Å². The number of carbonyl (C=O) groups excluding carboxylic acids is 1. The van der Waals surface area contributed by atoms with Gasteiger partial charge in [0.15, 0.2) is 0 Å². The lowest BCUT2D eigenvalue weighted by molar-refractivity contribution is 0.0910. The van der Waals surface area contributed by atoms with Gasteiger partial charge in [-0.3, -0.25) is 4.79 Å². The zero-order valence-electron chi connectivity index (χ0n) is 12.4. The molecule has 0 aliphatic heterocycles. The van der Waals surface area contributed by atoms with Gasteiger partial charge in [-0.1, -0.05) is 25.8 Å². The minimum atomic E-state index is -3.81. The molecule has 3 N–H and O–H groups in total. The van der Waals surface area contributed by atoms with Crippen LogP contribution in [-0.2, 0) is 10.0 Å². The molecule has 1 aliphatic carbocycles. The molecule has 0 unspecified atom stereocenters. The fraction of sp³-hybridized carbons (Fsp3) is 0.533. The van der Waals surface area contributed by atoms with Crippen molar-refractivity contribution in [3.8, 4) is 0 Å². The third kappa shape index (κ3) is 3.83. The minimum absolute atomic E-state index is 0.00634. The Kier molecular flexibility index (Phi) is 4.68. The highest BCUT2D eigenvalue weighted by atomic mass is 32.2. The summed E-state index contributed by atoms with van der Waals surface area (Å²) >= 11 is 0. The van der Waals surface area contributed by atoms with Crippen molar-refractivity contribution < 1.29 is 13.2 Å². The second kappa shape index (κ2) is 6.15. The molecule has 1 amide bonds. The summed E-state index contributed by atoms with van der Waals surface area (Å²) in [5.41, 5.74) is 0.877. The van der Waals surface area contributed by atoms with Crippen molar-refractivity contribution in [2.45, 2.75) is 50.5 Å². The molecule has 0 aromatic heterocycles. The Hall–Kier alpha value is -1.40. The van der Waals surface area contributed by atoms with E-state index in [0.29, 0.717) is 17.0 Å². The van der Waals surface area contributed by atoms with Gasteiger partial charge in [-0.25, -0.2) is 13.6 Å². The van der Waals surface area contributed by atoms with Crippen molar-refractivity contribution in [3.63, 3.8) is 0 Å². The van der Waals surface area contributed by atoms with E-state index in [1.165, 1.54) is 12.5 Å². The van der Waals surface area contributed by atoms with Gasteiger partial charge in [0.1, 0.15) is 0 Å².